The van der Waals surface area contributed by atoms with E-state index in [1.165, 1.54) is 35.5 Å². The third kappa shape index (κ3) is 1.99. The van der Waals surface area contributed by atoms with Crippen LogP contribution in [0, 0.1) is 0 Å². The molecule has 70 valence electrons. The molecule has 0 atom stereocenters. The zero-order valence-corrected chi connectivity index (χ0v) is 8.69. The first-order valence-electron chi connectivity index (χ1n) is 4.70. The highest BCUT2D eigenvalue weighted by atomic mass is 32.2. The van der Waals surface area contributed by atoms with Crippen LogP contribution in [0.4, 0.5) is 0 Å². The van der Waals surface area contributed by atoms with Crippen molar-refractivity contribution in [3.63, 3.8) is 0 Å². The predicted molar refractivity (Wildman–Crippen MR) is 56.7 cm³/mol. The Hall–Kier alpha value is -0.630. The van der Waals surface area contributed by atoms with Gasteiger partial charge in [0.1, 0.15) is 5.75 Å². The zero-order valence-electron chi connectivity index (χ0n) is 7.88. The highest BCUT2D eigenvalue weighted by molar-refractivity contribution is 7.99. The summed E-state index contributed by atoms with van der Waals surface area (Å²) in [5.74, 6) is 2.25. The minimum absolute atomic E-state index is 0.987. The normalized spacial score (nSPS) is 16.1. The molecule has 0 amide bonds. The standard InChI is InChI=1S/C11H14OS/c1-12-10-5-6-11-9(8-10)4-2-3-7-13-11/h5-6,8H,2-4,7H2,1H3. The molecular formula is C11H14OS. The van der Waals surface area contributed by atoms with E-state index in [4.69, 9.17) is 4.74 Å². The fourth-order valence-electron chi connectivity index (χ4n) is 1.62. The van der Waals surface area contributed by atoms with E-state index in [1.54, 1.807) is 7.11 Å². The van der Waals surface area contributed by atoms with Gasteiger partial charge in [0.25, 0.3) is 0 Å². The van der Waals surface area contributed by atoms with Gasteiger partial charge < -0.3 is 4.74 Å². The van der Waals surface area contributed by atoms with Gasteiger partial charge in [0.2, 0.25) is 0 Å². The second kappa shape index (κ2) is 4.05. The molecule has 1 aromatic rings. The van der Waals surface area contributed by atoms with E-state index in [2.05, 4.69) is 18.2 Å². The molecule has 0 radical (unpaired) electrons. The van der Waals surface area contributed by atoms with Crippen molar-refractivity contribution in [2.75, 3.05) is 12.9 Å². The van der Waals surface area contributed by atoms with Crippen LogP contribution in [0.5, 0.6) is 5.75 Å². The first-order chi connectivity index (χ1) is 6.40. The van der Waals surface area contributed by atoms with Gasteiger partial charge in [0.15, 0.2) is 0 Å². The van der Waals surface area contributed by atoms with Gasteiger partial charge in [-0.15, -0.1) is 11.8 Å². The molecule has 0 unspecified atom stereocenters. The molecule has 1 aliphatic rings. The van der Waals surface area contributed by atoms with Gasteiger partial charge in [-0.2, -0.15) is 0 Å². The molecule has 2 rings (SSSR count). The van der Waals surface area contributed by atoms with Crippen LogP contribution in [0.1, 0.15) is 18.4 Å². The third-order valence-corrected chi connectivity index (χ3v) is 3.57. The van der Waals surface area contributed by atoms with Crippen LogP contribution in [0.15, 0.2) is 23.1 Å². The monoisotopic (exact) mass is 194 g/mol. The average Bonchev–Trinajstić information content (AvgIpc) is 2.41. The minimum atomic E-state index is 0.987. The summed E-state index contributed by atoms with van der Waals surface area (Å²) in [6.07, 6.45) is 3.86. The van der Waals surface area contributed by atoms with Crippen molar-refractivity contribution in [3.05, 3.63) is 23.8 Å². The minimum Gasteiger partial charge on any atom is -0.497 e. The maximum absolute atomic E-state index is 5.21. The number of aryl methyl sites for hydroxylation is 1. The van der Waals surface area contributed by atoms with E-state index < -0.39 is 0 Å². The fourth-order valence-corrected chi connectivity index (χ4v) is 2.70. The molecule has 0 saturated carbocycles. The van der Waals surface area contributed by atoms with E-state index in [1.807, 2.05) is 11.8 Å². The van der Waals surface area contributed by atoms with Crippen LogP contribution < -0.4 is 4.74 Å². The van der Waals surface area contributed by atoms with Crippen molar-refractivity contribution in [3.8, 4) is 5.75 Å². The molecule has 0 saturated heterocycles. The highest BCUT2D eigenvalue weighted by Gasteiger charge is 2.08. The lowest BCUT2D eigenvalue weighted by Gasteiger charge is -2.06. The van der Waals surface area contributed by atoms with Gasteiger partial charge in [0, 0.05) is 4.90 Å². The third-order valence-electron chi connectivity index (χ3n) is 2.37. The molecule has 1 aliphatic heterocycles. The second-order valence-corrected chi connectivity index (χ2v) is 4.42. The molecule has 1 aromatic carbocycles. The van der Waals surface area contributed by atoms with E-state index in [-0.39, 0.29) is 0 Å². The lowest BCUT2D eigenvalue weighted by atomic mass is 10.1. The van der Waals surface area contributed by atoms with Crippen molar-refractivity contribution < 1.29 is 4.74 Å². The Kier molecular flexibility index (Phi) is 2.79. The smallest absolute Gasteiger partial charge is 0.119 e. The summed E-state index contributed by atoms with van der Waals surface area (Å²) in [5.41, 5.74) is 1.46. The Labute approximate surface area is 83.5 Å². The SMILES string of the molecule is COc1ccc2c(c1)CCCCS2. The van der Waals surface area contributed by atoms with Crippen LogP contribution in [-0.4, -0.2) is 12.9 Å². The molecule has 0 N–H and O–H groups in total. The highest BCUT2D eigenvalue weighted by Crippen LogP contribution is 2.31. The molecular weight excluding hydrogens is 180 g/mol. The van der Waals surface area contributed by atoms with Crippen LogP contribution in [-0.2, 0) is 6.42 Å². The lowest BCUT2D eigenvalue weighted by Crippen LogP contribution is -1.88. The molecule has 13 heavy (non-hydrogen) atoms. The Morgan fingerprint density at radius 1 is 1.31 bits per heavy atom. The molecule has 0 fully saturated rings. The van der Waals surface area contributed by atoms with Gasteiger partial charge in [-0.1, -0.05) is 0 Å². The number of methoxy groups -OCH3 is 1. The maximum Gasteiger partial charge on any atom is 0.119 e. The van der Waals surface area contributed by atoms with Crippen molar-refractivity contribution in [2.45, 2.75) is 24.2 Å². The van der Waals surface area contributed by atoms with Crippen molar-refractivity contribution in [1.82, 2.24) is 0 Å². The van der Waals surface area contributed by atoms with Gasteiger partial charge in [-0.3, -0.25) is 0 Å². The first kappa shape index (κ1) is 8.95. The Bertz CT molecular complexity index is 296. The summed E-state index contributed by atoms with van der Waals surface area (Å²) in [5, 5.41) is 0. The molecule has 2 heteroatoms. The van der Waals surface area contributed by atoms with E-state index >= 15 is 0 Å². The van der Waals surface area contributed by atoms with Crippen LogP contribution in [0.3, 0.4) is 0 Å². The summed E-state index contributed by atoms with van der Waals surface area (Å²) >= 11 is 1.97. The summed E-state index contributed by atoms with van der Waals surface area (Å²) in [6.45, 7) is 0. The zero-order chi connectivity index (χ0) is 9.10. The van der Waals surface area contributed by atoms with Gasteiger partial charge in [-0.25, -0.2) is 0 Å². The lowest BCUT2D eigenvalue weighted by molar-refractivity contribution is 0.414. The summed E-state index contributed by atoms with van der Waals surface area (Å²) in [4.78, 5) is 1.44. The summed E-state index contributed by atoms with van der Waals surface area (Å²) < 4.78 is 5.21. The number of rotatable bonds is 1. The quantitative estimate of drug-likeness (QED) is 0.679. The average molecular weight is 194 g/mol. The molecule has 0 spiro atoms. The molecule has 1 nitrogen and oxygen atoms in total. The van der Waals surface area contributed by atoms with Gasteiger partial charge in [-0.05, 0) is 48.8 Å². The van der Waals surface area contributed by atoms with Crippen molar-refractivity contribution in [1.29, 1.82) is 0 Å². The number of fused-ring (bicyclic) bond motifs is 1. The summed E-state index contributed by atoms with van der Waals surface area (Å²) in [7, 11) is 1.73. The predicted octanol–water partition coefficient (Wildman–Crippen LogP) is 3.12. The van der Waals surface area contributed by atoms with Crippen molar-refractivity contribution in [2.24, 2.45) is 0 Å². The van der Waals surface area contributed by atoms with E-state index in [0.717, 1.165) is 5.75 Å². The molecule has 0 bridgehead atoms. The molecule has 1 heterocycles. The Morgan fingerprint density at radius 3 is 3.08 bits per heavy atom. The molecule has 0 aliphatic carbocycles. The second-order valence-electron chi connectivity index (χ2n) is 3.28. The largest absolute Gasteiger partial charge is 0.497 e. The number of thioether (sulfide) groups is 1. The topological polar surface area (TPSA) is 9.23 Å². The molecule has 0 aromatic heterocycles. The van der Waals surface area contributed by atoms with Gasteiger partial charge >= 0.3 is 0 Å². The van der Waals surface area contributed by atoms with Crippen LogP contribution in [0.2, 0.25) is 0 Å². The first-order valence-corrected chi connectivity index (χ1v) is 5.68. The fraction of sp³-hybridized carbons (Fsp3) is 0.455. The number of hydrogen-bond acceptors (Lipinski definition) is 2. The van der Waals surface area contributed by atoms with Crippen LogP contribution in [0.25, 0.3) is 0 Å². The van der Waals surface area contributed by atoms with Crippen molar-refractivity contribution >= 4 is 11.8 Å². The Morgan fingerprint density at radius 2 is 2.23 bits per heavy atom. The van der Waals surface area contributed by atoms with Crippen LogP contribution >= 0.6 is 11.8 Å². The number of ether oxygens (including phenoxy) is 1. The van der Waals surface area contributed by atoms with E-state index in [9.17, 15) is 0 Å². The summed E-state index contributed by atoms with van der Waals surface area (Å²) in [6, 6.07) is 6.41. The number of hydrogen-bond donors (Lipinski definition) is 0. The van der Waals surface area contributed by atoms with Gasteiger partial charge in [0.05, 0.1) is 7.11 Å². The number of benzene rings is 1. The Balaban J connectivity index is 2.32. The maximum atomic E-state index is 5.21. The van der Waals surface area contributed by atoms with E-state index in [0.29, 0.717) is 0 Å².